The fourth-order valence-electron chi connectivity index (χ4n) is 3.58. The Balaban J connectivity index is 1.59. The summed E-state index contributed by atoms with van der Waals surface area (Å²) in [4.78, 5) is 27.1. The van der Waals surface area contributed by atoms with Crippen LogP contribution in [0.25, 0.3) is 0 Å². The third kappa shape index (κ3) is 4.73. The molecule has 5 heteroatoms. The standard InChI is InChI=1S/C22H24FNO3/c1-27-20-7-3-2-5-16(20)10-13-21(25)24-14-4-6-18(15-24)22(26)17-8-11-19(23)12-9-17/h2-3,5,7-9,11-12,18H,4,6,10,13-15H2,1H3. The van der Waals surface area contributed by atoms with Crippen molar-refractivity contribution in [1.82, 2.24) is 4.90 Å². The van der Waals surface area contributed by atoms with E-state index in [2.05, 4.69) is 0 Å². The van der Waals surface area contributed by atoms with Gasteiger partial charge in [-0.1, -0.05) is 18.2 Å². The van der Waals surface area contributed by atoms with Gasteiger partial charge >= 0.3 is 0 Å². The van der Waals surface area contributed by atoms with Crippen LogP contribution in [0.4, 0.5) is 4.39 Å². The number of methoxy groups -OCH3 is 1. The van der Waals surface area contributed by atoms with Crippen LogP contribution in [0.15, 0.2) is 48.5 Å². The van der Waals surface area contributed by atoms with Crippen molar-refractivity contribution in [2.75, 3.05) is 20.2 Å². The van der Waals surface area contributed by atoms with Gasteiger partial charge in [0.25, 0.3) is 0 Å². The minimum Gasteiger partial charge on any atom is -0.496 e. The number of amides is 1. The molecule has 142 valence electrons. The summed E-state index contributed by atoms with van der Waals surface area (Å²) in [6.07, 6.45) is 2.55. The van der Waals surface area contributed by atoms with E-state index in [1.54, 1.807) is 12.0 Å². The molecule has 1 heterocycles. The number of ketones is 1. The highest BCUT2D eigenvalue weighted by Gasteiger charge is 2.28. The van der Waals surface area contributed by atoms with Crippen molar-refractivity contribution in [1.29, 1.82) is 0 Å². The maximum absolute atomic E-state index is 13.1. The summed E-state index contributed by atoms with van der Waals surface area (Å²) < 4.78 is 18.4. The number of carbonyl (C=O) groups excluding carboxylic acids is 2. The highest BCUT2D eigenvalue weighted by molar-refractivity contribution is 5.98. The first-order chi connectivity index (χ1) is 13.1. The molecule has 1 saturated heterocycles. The van der Waals surface area contributed by atoms with Crippen molar-refractivity contribution in [3.05, 3.63) is 65.5 Å². The van der Waals surface area contributed by atoms with E-state index in [1.165, 1.54) is 24.3 Å². The predicted octanol–water partition coefficient (Wildman–Crippen LogP) is 3.89. The lowest BCUT2D eigenvalue weighted by Crippen LogP contribution is -2.42. The number of para-hydroxylation sites is 1. The van der Waals surface area contributed by atoms with Gasteiger partial charge in [-0.05, 0) is 55.2 Å². The van der Waals surface area contributed by atoms with E-state index in [4.69, 9.17) is 4.74 Å². The molecular formula is C22H24FNO3. The number of benzene rings is 2. The largest absolute Gasteiger partial charge is 0.496 e. The zero-order valence-corrected chi connectivity index (χ0v) is 15.5. The summed E-state index contributed by atoms with van der Waals surface area (Å²) in [6, 6.07) is 13.3. The molecule has 0 aromatic heterocycles. The minimum atomic E-state index is -0.358. The Kier molecular flexibility index (Phi) is 6.22. The van der Waals surface area contributed by atoms with Crippen LogP contribution in [0.1, 0.15) is 35.2 Å². The Hall–Kier alpha value is -2.69. The van der Waals surface area contributed by atoms with Crippen LogP contribution in [-0.4, -0.2) is 36.8 Å². The summed E-state index contributed by atoms with van der Waals surface area (Å²) in [5, 5.41) is 0. The average molecular weight is 369 g/mol. The number of nitrogens with zero attached hydrogens (tertiary/aromatic N) is 1. The first kappa shape index (κ1) is 19.1. The number of halogens is 1. The molecule has 4 nitrogen and oxygen atoms in total. The topological polar surface area (TPSA) is 46.6 Å². The van der Waals surface area contributed by atoms with E-state index in [-0.39, 0.29) is 23.4 Å². The van der Waals surface area contributed by atoms with Crippen LogP contribution in [0.2, 0.25) is 0 Å². The number of hydrogen-bond donors (Lipinski definition) is 0. The molecule has 0 radical (unpaired) electrons. The molecule has 3 rings (SSSR count). The van der Waals surface area contributed by atoms with Crippen molar-refractivity contribution < 1.29 is 18.7 Å². The lowest BCUT2D eigenvalue weighted by molar-refractivity contribution is -0.132. The lowest BCUT2D eigenvalue weighted by atomic mass is 9.89. The third-order valence-electron chi connectivity index (χ3n) is 5.07. The first-order valence-electron chi connectivity index (χ1n) is 9.28. The van der Waals surface area contributed by atoms with E-state index in [0.29, 0.717) is 31.5 Å². The predicted molar refractivity (Wildman–Crippen MR) is 101 cm³/mol. The highest BCUT2D eigenvalue weighted by atomic mass is 19.1. The maximum Gasteiger partial charge on any atom is 0.222 e. The zero-order chi connectivity index (χ0) is 19.2. The van der Waals surface area contributed by atoms with E-state index < -0.39 is 0 Å². The van der Waals surface area contributed by atoms with Gasteiger partial charge in [0.05, 0.1) is 7.11 Å². The summed E-state index contributed by atoms with van der Waals surface area (Å²) >= 11 is 0. The maximum atomic E-state index is 13.1. The summed E-state index contributed by atoms with van der Waals surface area (Å²) in [7, 11) is 1.62. The fraction of sp³-hybridized carbons (Fsp3) is 0.364. The van der Waals surface area contributed by atoms with Crippen LogP contribution in [0.3, 0.4) is 0 Å². The Morgan fingerprint density at radius 2 is 1.89 bits per heavy atom. The Morgan fingerprint density at radius 1 is 1.15 bits per heavy atom. The molecule has 0 bridgehead atoms. The smallest absolute Gasteiger partial charge is 0.222 e. The number of Topliss-reactive ketones (excluding diaryl/α,β-unsaturated/α-hetero) is 1. The minimum absolute atomic E-state index is 0.0165. The van der Waals surface area contributed by atoms with Crippen molar-refractivity contribution >= 4 is 11.7 Å². The molecular weight excluding hydrogens is 345 g/mol. The Morgan fingerprint density at radius 3 is 2.63 bits per heavy atom. The van der Waals surface area contributed by atoms with Gasteiger partial charge in [-0.25, -0.2) is 4.39 Å². The van der Waals surface area contributed by atoms with Crippen LogP contribution in [0.5, 0.6) is 5.75 Å². The van der Waals surface area contributed by atoms with Crippen LogP contribution in [0, 0.1) is 11.7 Å². The van der Waals surface area contributed by atoms with E-state index >= 15 is 0 Å². The van der Waals surface area contributed by atoms with E-state index in [1.807, 2.05) is 24.3 Å². The van der Waals surface area contributed by atoms with Crippen LogP contribution < -0.4 is 4.74 Å². The molecule has 2 aromatic carbocycles. The van der Waals surface area contributed by atoms with Gasteiger partial charge in [-0.15, -0.1) is 0 Å². The van der Waals surface area contributed by atoms with E-state index in [0.717, 1.165) is 24.2 Å². The Labute approximate surface area is 158 Å². The monoisotopic (exact) mass is 369 g/mol. The molecule has 1 aliphatic rings. The number of aryl methyl sites for hydroxylation is 1. The summed E-state index contributed by atoms with van der Waals surface area (Å²) in [5.74, 6) is 0.241. The van der Waals surface area contributed by atoms with Gasteiger partial charge in [0.15, 0.2) is 5.78 Å². The van der Waals surface area contributed by atoms with Crippen molar-refractivity contribution in [3.63, 3.8) is 0 Å². The lowest BCUT2D eigenvalue weighted by Gasteiger charge is -2.32. The molecule has 1 unspecified atom stereocenters. The SMILES string of the molecule is COc1ccccc1CCC(=O)N1CCCC(C(=O)c2ccc(F)cc2)C1. The first-order valence-corrected chi connectivity index (χ1v) is 9.28. The molecule has 1 amide bonds. The van der Waals surface area contributed by atoms with Crippen LogP contribution in [-0.2, 0) is 11.2 Å². The van der Waals surface area contributed by atoms with Crippen molar-refractivity contribution in [2.45, 2.75) is 25.7 Å². The van der Waals surface area contributed by atoms with Gasteiger partial charge in [0.2, 0.25) is 5.91 Å². The molecule has 1 aliphatic heterocycles. The second kappa shape index (κ2) is 8.80. The number of hydrogen-bond acceptors (Lipinski definition) is 3. The number of carbonyl (C=O) groups is 2. The molecule has 0 spiro atoms. The zero-order valence-electron chi connectivity index (χ0n) is 15.5. The average Bonchev–Trinajstić information content (AvgIpc) is 2.72. The molecule has 0 aliphatic carbocycles. The van der Waals surface area contributed by atoms with Crippen molar-refractivity contribution in [2.24, 2.45) is 5.92 Å². The number of piperidine rings is 1. The van der Waals surface area contributed by atoms with Crippen LogP contribution >= 0.6 is 0 Å². The molecule has 0 N–H and O–H groups in total. The van der Waals surface area contributed by atoms with Gasteiger partial charge in [-0.2, -0.15) is 0 Å². The van der Waals surface area contributed by atoms with Crippen molar-refractivity contribution in [3.8, 4) is 5.75 Å². The fourth-order valence-corrected chi connectivity index (χ4v) is 3.58. The molecule has 1 fully saturated rings. The molecule has 2 aromatic rings. The molecule has 27 heavy (non-hydrogen) atoms. The van der Waals surface area contributed by atoms with Gasteiger partial charge in [0, 0.05) is 31.0 Å². The normalized spacial score (nSPS) is 16.8. The third-order valence-corrected chi connectivity index (χ3v) is 5.07. The van der Waals surface area contributed by atoms with Gasteiger partial charge < -0.3 is 9.64 Å². The summed E-state index contributed by atoms with van der Waals surface area (Å²) in [6.45, 7) is 1.11. The molecule has 1 atom stereocenters. The summed E-state index contributed by atoms with van der Waals surface area (Å²) in [5.41, 5.74) is 1.51. The van der Waals surface area contributed by atoms with Gasteiger partial charge in [0.1, 0.15) is 11.6 Å². The Bertz CT molecular complexity index is 803. The van der Waals surface area contributed by atoms with Gasteiger partial charge in [-0.3, -0.25) is 9.59 Å². The number of likely N-dealkylation sites (tertiary alicyclic amines) is 1. The second-order valence-electron chi connectivity index (χ2n) is 6.86. The molecule has 0 saturated carbocycles. The second-order valence-corrected chi connectivity index (χ2v) is 6.86. The number of rotatable bonds is 6. The number of ether oxygens (including phenoxy) is 1. The highest BCUT2D eigenvalue weighted by Crippen LogP contribution is 2.23. The quantitative estimate of drug-likeness (QED) is 0.726. The van der Waals surface area contributed by atoms with E-state index in [9.17, 15) is 14.0 Å².